The lowest BCUT2D eigenvalue weighted by Gasteiger charge is -2.06. The van der Waals surface area contributed by atoms with Crippen LogP contribution >= 0.6 is 11.3 Å². The number of benzene rings is 1. The van der Waals surface area contributed by atoms with E-state index in [0.717, 1.165) is 32.7 Å². The first-order valence-corrected chi connectivity index (χ1v) is 8.60. The summed E-state index contributed by atoms with van der Waals surface area (Å²) in [6.45, 7) is 1.84. The number of carbonyl (C=O) groups is 1. The quantitative estimate of drug-likeness (QED) is 0.529. The molecule has 0 bridgehead atoms. The zero-order valence-corrected chi connectivity index (χ0v) is 14.6. The van der Waals surface area contributed by atoms with E-state index in [9.17, 15) is 4.79 Å². The summed E-state index contributed by atoms with van der Waals surface area (Å²) >= 11 is 1.31. The van der Waals surface area contributed by atoms with Crippen LogP contribution in [-0.4, -0.2) is 30.5 Å². The molecule has 3 aromatic heterocycles. The van der Waals surface area contributed by atoms with Crippen LogP contribution in [0.5, 0.6) is 0 Å². The van der Waals surface area contributed by atoms with E-state index in [1.807, 2.05) is 36.9 Å². The number of nitrogens with zero attached hydrogens (tertiary/aromatic N) is 5. The number of rotatable bonds is 4. The molecule has 0 fully saturated rings. The summed E-state index contributed by atoms with van der Waals surface area (Å²) in [5.41, 5.74) is 2.85. The Hall–Kier alpha value is -2.93. The van der Waals surface area contributed by atoms with Gasteiger partial charge in [-0.1, -0.05) is 23.5 Å². The fourth-order valence-electron chi connectivity index (χ4n) is 2.73. The van der Waals surface area contributed by atoms with Gasteiger partial charge in [0.1, 0.15) is 5.01 Å². The van der Waals surface area contributed by atoms with Crippen LogP contribution in [0.4, 0.5) is 0 Å². The number of aryl methyl sites for hydroxylation is 2. The second-order valence-electron chi connectivity index (χ2n) is 5.85. The second-order valence-corrected chi connectivity index (χ2v) is 7.04. The Morgan fingerprint density at radius 1 is 1.16 bits per heavy atom. The lowest BCUT2D eigenvalue weighted by Crippen LogP contribution is -2.04. The SMILES string of the molecule is Cc1nnc(C(=O)Cc2cc3cc(-c4cncn4C)ccc3cn2)s1. The first kappa shape index (κ1) is 15.6. The summed E-state index contributed by atoms with van der Waals surface area (Å²) in [7, 11) is 1.97. The molecule has 7 heteroatoms. The lowest BCUT2D eigenvalue weighted by molar-refractivity contribution is 0.0991. The van der Waals surface area contributed by atoms with Crippen molar-refractivity contribution < 1.29 is 4.79 Å². The number of pyridine rings is 1. The van der Waals surface area contributed by atoms with Gasteiger partial charge in [0.05, 0.1) is 24.6 Å². The average Bonchev–Trinajstić information content (AvgIpc) is 3.22. The predicted octanol–water partition coefficient (Wildman–Crippen LogP) is 3.22. The van der Waals surface area contributed by atoms with Crippen molar-refractivity contribution in [2.24, 2.45) is 7.05 Å². The highest BCUT2D eigenvalue weighted by molar-refractivity contribution is 7.13. The zero-order valence-electron chi connectivity index (χ0n) is 13.8. The molecule has 0 N–H and O–H groups in total. The fraction of sp³-hybridized carbons (Fsp3) is 0.167. The molecule has 25 heavy (non-hydrogen) atoms. The maximum Gasteiger partial charge on any atom is 0.199 e. The largest absolute Gasteiger partial charge is 0.334 e. The fourth-order valence-corrected chi connectivity index (χ4v) is 3.36. The van der Waals surface area contributed by atoms with Crippen LogP contribution in [0.25, 0.3) is 22.0 Å². The van der Waals surface area contributed by atoms with Gasteiger partial charge < -0.3 is 4.57 Å². The van der Waals surface area contributed by atoms with E-state index in [2.05, 4.69) is 32.3 Å². The highest BCUT2D eigenvalue weighted by Crippen LogP contribution is 2.24. The van der Waals surface area contributed by atoms with Gasteiger partial charge in [0.15, 0.2) is 10.8 Å². The van der Waals surface area contributed by atoms with Crippen LogP contribution in [0.1, 0.15) is 20.5 Å². The number of aromatic nitrogens is 5. The molecule has 124 valence electrons. The average molecular weight is 349 g/mol. The van der Waals surface area contributed by atoms with Gasteiger partial charge >= 0.3 is 0 Å². The highest BCUT2D eigenvalue weighted by Gasteiger charge is 2.13. The first-order valence-electron chi connectivity index (χ1n) is 7.79. The van der Waals surface area contributed by atoms with E-state index in [1.165, 1.54) is 11.3 Å². The summed E-state index contributed by atoms with van der Waals surface area (Å²) in [6, 6.07) is 8.14. The van der Waals surface area contributed by atoms with Gasteiger partial charge in [-0.05, 0) is 24.4 Å². The monoisotopic (exact) mass is 349 g/mol. The number of ketones is 1. The van der Waals surface area contributed by atoms with Crippen molar-refractivity contribution >= 4 is 27.9 Å². The Morgan fingerprint density at radius 3 is 2.76 bits per heavy atom. The topological polar surface area (TPSA) is 73.6 Å². The third kappa shape index (κ3) is 3.06. The van der Waals surface area contributed by atoms with Gasteiger partial charge in [0.25, 0.3) is 0 Å². The number of Topliss-reactive ketones (excluding diaryl/α,β-unsaturated/α-hetero) is 1. The first-order chi connectivity index (χ1) is 12.1. The third-order valence-corrected chi connectivity index (χ3v) is 4.88. The normalized spacial score (nSPS) is 11.1. The third-order valence-electron chi connectivity index (χ3n) is 4.00. The molecule has 0 amide bonds. The second kappa shape index (κ2) is 6.18. The molecule has 3 heterocycles. The van der Waals surface area contributed by atoms with Crippen molar-refractivity contribution in [1.82, 2.24) is 24.7 Å². The molecule has 0 saturated carbocycles. The summed E-state index contributed by atoms with van der Waals surface area (Å²) in [4.78, 5) is 20.9. The molecule has 4 rings (SSSR count). The Labute approximate surface area is 148 Å². The summed E-state index contributed by atoms with van der Waals surface area (Å²) in [5, 5.41) is 11.1. The van der Waals surface area contributed by atoms with Crippen LogP contribution in [0, 0.1) is 6.92 Å². The minimum Gasteiger partial charge on any atom is -0.334 e. The minimum absolute atomic E-state index is 0.0553. The van der Waals surface area contributed by atoms with Crippen molar-refractivity contribution in [2.45, 2.75) is 13.3 Å². The van der Waals surface area contributed by atoms with E-state index in [4.69, 9.17) is 0 Å². The van der Waals surface area contributed by atoms with Crippen LogP contribution in [0.15, 0.2) is 43.0 Å². The molecular weight excluding hydrogens is 334 g/mol. The molecule has 0 unspecified atom stereocenters. The van der Waals surface area contributed by atoms with E-state index in [0.29, 0.717) is 5.01 Å². The van der Waals surface area contributed by atoms with Crippen LogP contribution in [-0.2, 0) is 13.5 Å². The van der Waals surface area contributed by atoms with Crippen molar-refractivity contribution in [3.8, 4) is 11.3 Å². The van der Waals surface area contributed by atoms with Gasteiger partial charge in [-0.3, -0.25) is 9.78 Å². The number of carbonyl (C=O) groups excluding carboxylic acids is 1. The standard InChI is InChI=1S/C18H15N5OS/c1-11-21-22-18(25-11)17(24)7-15-6-14-5-12(3-4-13(14)8-20-15)16-9-19-10-23(16)2/h3-6,8-10H,7H2,1-2H3. The zero-order chi connectivity index (χ0) is 17.4. The summed E-state index contributed by atoms with van der Waals surface area (Å²) < 4.78 is 1.98. The van der Waals surface area contributed by atoms with Gasteiger partial charge in [0, 0.05) is 29.9 Å². The Morgan fingerprint density at radius 2 is 2.04 bits per heavy atom. The van der Waals surface area contributed by atoms with Crippen molar-refractivity contribution in [2.75, 3.05) is 0 Å². The minimum atomic E-state index is -0.0553. The molecule has 0 aliphatic rings. The molecule has 0 radical (unpaired) electrons. The molecule has 4 aromatic rings. The molecule has 1 aromatic carbocycles. The molecular formula is C18H15N5OS. The molecule has 0 aliphatic heterocycles. The molecule has 0 atom stereocenters. The van der Waals surface area contributed by atoms with Crippen molar-refractivity contribution in [3.05, 3.63) is 58.7 Å². The number of fused-ring (bicyclic) bond motifs is 1. The number of hydrogen-bond donors (Lipinski definition) is 0. The van der Waals surface area contributed by atoms with E-state index in [-0.39, 0.29) is 12.2 Å². The van der Waals surface area contributed by atoms with Crippen LogP contribution < -0.4 is 0 Å². The van der Waals surface area contributed by atoms with E-state index in [1.54, 1.807) is 12.5 Å². The smallest absolute Gasteiger partial charge is 0.199 e. The number of imidazole rings is 1. The molecule has 0 aliphatic carbocycles. The lowest BCUT2D eigenvalue weighted by atomic mass is 10.0. The van der Waals surface area contributed by atoms with Crippen molar-refractivity contribution in [3.63, 3.8) is 0 Å². The summed E-state index contributed by atoms with van der Waals surface area (Å²) in [5.74, 6) is -0.0553. The Balaban J connectivity index is 1.67. The number of hydrogen-bond acceptors (Lipinski definition) is 6. The van der Waals surface area contributed by atoms with E-state index >= 15 is 0 Å². The Kier molecular flexibility index (Phi) is 3.85. The van der Waals surface area contributed by atoms with Gasteiger partial charge in [-0.2, -0.15) is 0 Å². The maximum absolute atomic E-state index is 12.3. The Bertz CT molecular complexity index is 1080. The van der Waals surface area contributed by atoms with Crippen LogP contribution in [0.3, 0.4) is 0 Å². The molecule has 6 nitrogen and oxygen atoms in total. The van der Waals surface area contributed by atoms with Crippen LogP contribution in [0.2, 0.25) is 0 Å². The summed E-state index contributed by atoms with van der Waals surface area (Å²) in [6.07, 6.45) is 5.64. The van der Waals surface area contributed by atoms with E-state index < -0.39 is 0 Å². The highest BCUT2D eigenvalue weighted by atomic mass is 32.1. The van der Waals surface area contributed by atoms with Gasteiger partial charge in [0.2, 0.25) is 0 Å². The molecule has 0 saturated heterocycles. The van der Waals surface area contributed by atoms with Gasteiger partial charge in [-0.15, -0.1) is 10.2 Å². The van der Waals surface area contributed by atoms with Gasteiger partial charge in [-0.25, -0.2) is 4.98 Å². The predicted molar refractivity (Wildman–Crippen MR) is 96.6 cm³/mol. The maximum atomic E-state index is 12.3. The molecule has 0 spiro atoms. The van der Waals surface area contributed by atoms with Crippen molar-refractivity contribution in [1.29, 1.82) is 0 Å².